The first-order chi connectivity index (χ1) is 16.5. The lowest BCUT2D eigenvalue weighted by Gasteiger charge is -2.10. The molecule has 0 radical (unpaired) electrons. The quantitative estimate of drug-likeness (QED) is 0.225. The molecule has 0 aliphatic rings. The SMILES string of the molecule is CCCCCCCc1ccc2cc(-c3ccc(-c4cc(F)c(OC)c(F)c4)c(F)c3)ccc2c1. The van der Waals surface area contributed by atoms with Gasteiger partial charge in [0, 0.05) is 5.56 Å². The van der Waals surface area contributed by atoms with Gasteiger partial charge in [-0.3, -0.25) is 0 Å². The highest BCUT2D eigenvalue weighted by molar-refractivity contribution is 5.88. The van der Waals surface area contributed by atoms with E-state index >= 15 is 0 Å². The molecule has 0 saturated heterocycles. The number of ether oxygens (including phenoxy) is 1. The second-order valence-corrected chi connectivity index (χ2v) is 8.73. The van der Waals surface area contributed by atoms with Crippen LogP contribution in [-0.4, -0.2) is 7.11 Å². The molecule has 4 heteroatoms. The Morgan fingerprint density at radius 2 is 1.24 bits per heavy atom. The topological polar surface area (TPSA) is 9.23 Å². The van der Waals surface area contributed by atoms with Gasteiger partial charge in [0.2, 0.25) is 0 Å². The third kappa shape index (κ3) is 5.27. The van der Waals surface area contributed by atoms with Gasteiger partial charge in [-0.05, 0) is 70.1 Å². The summed E-state index contributed by atoms with van der Waals surface area (Å²) in [4.78, 5) is 0. The van der Waals surface area contributed by atoms with Crippen molar-refractivity contribution in [3.05, 3.63) is 89.7 Å². The molecule has 0 N–H and O–H groups in total. The van der Waals surface area contributed by atoms with Crippen molar-refractivity contribution in [1.29, 1.82) is 0 Å². The zero-order valence-corrected chi connectivity index (χ0v) is 19.6. The Morgan fingerprint density at radius 1 is 0.618 bits per heavy atom. The van der Waals surface area contributed by atoms with E-state index in [1.54, 1.807) is 12.1 Å². The Kier molecular flexibility index (Phi) is 7.56. The number of fused-ring (bicyclic) bond motifs is 1. The third-order valence-corrected chi connectivity index (χ3v) is 6.29. The first kappa shape index (κ1) is 23.9. The molecule has 1 nitrogen and oxygen atoms in total. The van der Waals surface area contributed by atoms with Crippen LogP contribution in [0.25, 0.3) is 33.0 Å². The summed E-state index contributed by atoms with van der Waals surface area (Å²) < 4.78 is 47.8. The predicted molar refractivity (Wildman–Crippen MR) is 134 cm³/mol. The van der Waals surface area contributed by atoms with Gasteiger partial charge in [0.15, 0.2) is 17.4 Å². The molecule has 4 aromatic carbocycles. The Labute approximate surface area is 199 Å². The fourth-order valence-electron chi connectivity index (χ4n) is 4.40. The van der Waals surface area contributed by atoms with E-state index in [2.05, 4.69) is 31.2 Å². The molecule has 4 aromatic rings. The molecule has 176 valence electrons. The van der Waals surface area contributed by atoms with E-state index < -0.39 is 23.2 Å². The van der Waals surface area contributed by atoms with Crippen LogP contribution in [0, 0.1) is 17.5 Å². The molecule has 0 aliphatic carbocycles. The van der Waals surface area contributed by atoms with Gasteiger partial charge in [-0.1, -0.05) is 75.1 Å². The maximum Gasteiger partial charge on any atom is 0.190 e. The van der Waals surface area contributed by atoms with E-state index in [0.29, 0.717) is 5.56 Å². The number of halogens is 3. The van der Waals surface area contributed by atoms with Crippen LogP contribution in [0.3, 0.4) is 0 Å². The van der Waals surface area contributed by atoms with Crippen molar-refractivity contribution in [2.45, 2.75) is 45.4 Å². The van der Waals surface area contributed by atoms with Crippen LogP contribution < -0.4 is 4.74 Å². The monoisotopic (exact) mass is 462 g/mol. The summed E-state index contributed by atoms with van der Waals surface area (Å²) in [5.74, 6) is -2.75. The maximum atomic E-state index is 15.0. The van der Waals surface area contributed by atoms with Crippen LogP contribution in [-0.2, 0) is 6.42 Å². The van der Waals surface area contributed by atoms with E-state index in [0.717, 1.165) is 34.9 Å². The smallest absolute Gasteiger partial charge is 0.190 e. The van der Waals surface area contributed by atoms with Crippen LogP contribution >= 0.6 is 0 Å². The van der Waals surface area contributed by atoms with Crippen LogP contribution in [0.15, 0.2) is 66.7 Å². The summed E-state index contributed by atoms with van der Waals surface area (Å²) in [5, 5.41) is 2.26. The number of benzene rings is 4. The maximum absolute atomic E-state index is 15.0. The van der Waals surface area contributed by atoms with Gasteiger partial charge in [0.25, 0.3) is 0 Å². The fourth-order valence-corrected chi connectivity index (χ4v) is 4.40. The lowest BCUT2D eigenvalue weighted by molar-refractivity contribution is 0.360. The molecule has 0 spiro atoms. The second-order valence-electron chi connectivity index (χ2n) is 8.73. The Balaban J connectivity index is 1.55. The van der Waals surface area contributed by atoms with E-state index in [-0.39, 0.29) is 11.1 Å². The largest absolute Gasteiger partial charge is 0.491 e. The average Bonchev–Trinajstić information content (AvgIpc) is 2.83. The van der Waals surface area contributed by atoms with Crippen LogP contribution in [0.5, 0.6) is 5.75 Å². The summed E-state index contributed by atoms with van der Waals surface area (Å²) in [6.07, 6.45) is 7.41. The number of rotatable bonds is 9. The van der Waals surface area contributed by atoms with Crippen molar-refractivity contribution in [2.75, 3.05) is 7.11 Å². The lowest BCUT2D eigenvalue weighted by Crippen LogP contribution is -1.95. The third-order valence-electron chi connectivity index (χ3n) is 6.29. The highest BCUT2D eigenvalue weighted by atomic mass is 19.1. The molecular weight excluding hydrogens is 433 g/mol. The van der Waals surface area contributed by atoms with Gasteiger partial charge in [-0.15, -0.1) is 0 Å². The Bertz CT molecular complexity index is 1270. The summed E-state index contributed by atoms with van der Waals surface area (Å²) in [7, 11) is 1.19. The molecule has 0 heterocycles. The lowest BCUT2D eigenvalue weighted by atomic mass is 9.96. The first-order valence-electron chi connectivity index (χ1n) is 11.9. The summed E-state index contributed by atoms with van der Waals surface area (Å²) in [6, 6.07) is 19.5. The molecule has 34 heavy (non-hydrogen) atoms. The highest BCUT2D eigenvalue weighted by Crippen LogP contribution is 2.33. The van der Waals surface area contributed by atoms with Gasteiger partial charge in [-0.25, -0.2) is 13.2 Å². The summed E-state index contributed by atoms with van der Waals surface area (Å²) >= 11 is 0. The molecule has 0 bridgehead atoms. The summed E-state index contributed by atoms with van der Waals surface area (Å²) in [5.41, 5.74) is 3.19. The molecule has 0 saturated carbocycles. The molecule has 0 aliphatic heterocycles. The van der Waals surface area contributed by atoms with Gasteiger partial charge in [0.1, 0.15) is 5.82 Å². The average molecular weight is 463 g/mol. The number of hydrogen-bond acceptors (Lipinski definition) is 1. The fraction of sp³-hybridized carbons (Fsp3) is 0.267. The summed E-state index contributed by atoms with van der Waals surface area (Å²) in [6.45, 7) is 2.23. The van der Waals surface area contributed by atoms with Crippen LogP contribution in [0.1, 0.15) is 44.6 Å². The molecule has 0 aromatic heterocycles. The van der Waals surface area contributed by atoms with Gasteiger partial charge in [-0.2, -0.15) is 0 Å². The normalized spacial score (nSPS) is 11.2. The number of unbranched alkanes of at least 4 members (excludes halogenated alkanes) is 4. The zero-order chi connectivity index (χ0) is 24.1. The molecule has 0 unspecified atom stereocenters. The van der Waals surface area contributed by atoms with Crippen LogP contribution in [0.2, 0.25) is 0 Å². The van der Waals surface area contributed by atoms with E-state index in [9.17, 15) is 13.2 Å². The predicted octanol–water partition coefficient (Wildman–Crippen LogP) is 9.11. The van der Waals surface area contributed by atoms with E-state index in [1.165, 1.54) is 50.8 Å². The first-order valence-corrected chi connectivity index (χ1v) is 11.9. The van der Waals surface area contributed by atoms with Crippen molar-refractivity contribution in [2.24, 2.45) is 0 Å². The van der Waals surface area contributed by atoms with Gasteiger partial charge >= 0.3 is 0 Å². The zero-order valence-electron chi connectivity index (χ0n) is 19.6. The Morgan fingerprint density at radius 3 is 1.94 bits per heavy atom. The number of aryl methyl sites for hydroxylation is 1. The van der Waals surface area contributed by atoms with Gasteiger partial charge < -0.3 is 4.74 Å². The molecular formula is C30H29F3O. The molecule has 0 fully saturated rings. The Hall–Kier alpha value is -3.27. The minimum Gasteiger partial charge on any atom is -0.491 e. The van der Waals surface area contributed by atoms with Crippen molar-refractivity contribution < 1.29 is 17.9 Å². The number of methoxy groups -OCH3 is 1. The minimum absolute atomic E-state index is 0.126. The van der Waals surface area contributed by atoms with E-state index in [4.69, 9.17) is 4.74 Å². The molecule has 0 atom stereocenters. The molecule has 0 amide bonds. The standard InChI is InChI=1S/C30H29F3O/c1-3-4-5-6-7-8-20-9-10-22-16-23(12-11-21(22)15-20)24-13-14-26(27(31)17-24)25-18-28(32)30(34-2)29(33)19-25/h9-19H,3-8H2,1-2H3. The van der Waals surface area contributed by atoms with Crippen molar-refractivity contribution >= 4 is 10.8 Å². The minimum atomic E-state index is -0.865. The van der Waals surface area contributed by atoms with Crippen LogP contribution in [0.4, 0.5) is 13.2 Å². The number of hydrogen-bond donors (Lipinski definition) is 0. The van der Waals surface area contributed by atoms with Crippen molar-refractivity contribution in [3.8, 4) is 28.0 Å². The van der Waals surface area contributed by atoms with Crippen molar-refractivity contribution in [3.63, 3.8) is 0 Å². The van der Waals surface area contributed by atoms with E-state index in [1.807, 2.05) is 12.1 Å². The second kappa shape index (κ2) is 10.8. The van der Waals surface area contributed by atoms with Crippen molar-refractivity contribution in [1.82, 2.24) is 0 Å². The van der Waals surface area contributed by atoms with Gasteiger partial charge in [0.05, 0.1) is 7.11 Å². The highest BCUT2D eigenvalue weighted by Gasteiger charge is 2.15. The molecule has 4 rings (SSSR count).